The molecule has 0 spiro atoms. The highest BCUT2D eigenvalue weighted by atomic mass is 19.4. The zero-order valence-corrected chi connectivity index (χ0v) is 8.18. The summed E-state index contributed by atoms with van der Waals surface area (Å²) in [5.74, 6) is 0. The standard InChI is InChI=1S/C7H12F6N2/c1-3-14-5(15-4-2,6(8,9)10)7(11,12)13/h14-15H,3-4H2,1-2H3. The van der Waals surface area contributed by atoms with Gasteiger partial charge in [0.1, 0.15) is 0 Å². The smallest absolute Gasteiger partial charge is 0.284 e. The zero-order valence-electron chi connectivity index (χ0n) is 8.18. The van der Waals surface area contributed by atoms with Crippen molar-refractivity contribution in [2.45, 2.75) is 31.9 Å². The normalized spacial score (nSPS) is 14.4. The predicted molar refractivity (Wildman–Crippen MR) is 42.2 cm³/mol. The lowest BCUT2D eigenvalue weighted by atomic mass is 10.1. The minimum absolute atomic E-state index is 0.452. The molecule has 0 fully saturated rings. The van der Waals surface area contributed by atoms with Gasteiger partial charge in [0.25, 0.3) is 5.66 Å². The van der Waals surface area contributed by atoms with Crippen molar-refractivity contribution in [1.82, 2.24) is 10.6 Å². The Balaban J connectivity index is 5.28. The van der Waals surface area contributed by atoms with Gasteiger partial charge in [-0.3, -0.25) is 10.6 Å². The van der Waals surface area contributed by atoms with Gasteiger partial charge in [-0.2, -0.15) is 26.3 Å². The number of nitrogens with one attached hydrogen (secondary N) is 2. The van der Waals surface area contributed by atoms with Gasteiger partial charge in [-0.25, -0.2) is 0 Å². The molecule has 0 aliphatic carbocycles. The van der Waals surface area contributed by atoms with Crippen LogP contribution in [-0.2, 0) is 0 Å². The molecule has 0 unspecified atom stereocenters. The average molecular weight is 238 g/mol. The Morgan fingerprint density at radius 1 is 0.733 bits per heavy atom. The lowest BCUT2D eigenvalue weighted by molar-refractivity contribution is -0.317. The Labute approximate surface area is 83.0 Å². The van der Waals surface area contributed by atoms with E-state index in [4.69, 9.17) is 0 Å². The molecule has 0 aromatic carbocycles. The summed E-state index contributed by atoms with van der Waals surface area (Å²) in [6.45, 7) is 1.44. The van der Waals surface area contributed by atoms with Crippen LogP contribution in [0, 0.1) is 0 Å². The lowest BCUT2D eigenvalue weighted by Gasteiger charge is -2.38. The van der Waals surface area contributed by atoms with Crippen LogP contribution in [0.25, 0.3) is 0 Å². The molecule has 2 nitrogen and oxygen atoms in total. The highest BCUT2D eigenvalue weighted by Gasteiger charge is 2.70. The maximum absolute atomic E-state index is 12.4. The first-order valence-corrected chi connectivity index (χ1v) is 4.26. The molecule has 0 aliphatic rings. The highest BCUT2D eigenvalue weighted by Crippen LogP contribution is 2.40. The zero-order chi connectivity index (χ0) is 12.3. The van der Waals surface area contributed by atoms with Crippen LogP contribution in [0.3, 0.4) is 0 Å². The van der Waals surface area contributed by atoms with Crippen LogP contribution in [0.1, 0.15) is 13.8 Å². The van der Waals surface area contributed by atoms with Gasteiger partial charge in [-0.05, 0) is 13.1 Å². The van der Waals surface area contributed by atoms with Crippen LogP contribution in [0.4, 0.5) is 26.3 Å². The van der Waals surface area contributed by atoms with Gasteiger partial charge in [0.05, 0.1) is 0 Å². The van der Waals surface area contributed by atoms with E-state index in [0.29, 0.717) is 0 Å². The van der Waals surface area contributed by atoms with E-state index in [2.05, 4.69) is 0 Å². The van der Waals surface area contributed by atoms with Gasteiger partial charge < -0.3 is 0 Å². The van der Waals surface area contributed by atoms with Crippen molar-refractivity contribution in [1.29, 1.82) is 0 Å². The molecule has 0 bridgehead atoms. The number of rotatable bonds is 4. The Morgan fingerprint density at radius 3 is 1.13 bits per heavy atom. The molecule has 0 radical (unpaired) electrons. The molecule has 0 aliphatic heterocycles. The molecule has 92 valence electrons. The maximum Gasteiger partial charge on any atom is 0.429 e. The summed E-state index contributed by atoms with van der Waals surface area (Å²) in [5.41, 5.74) is -4.02. The fourth-order valence-corrected chi connectivity index (χ4v) is 1.15. The molecule has 15 heavy (non-hydrogen) atoms. The van der Waals surface area contributed by atoms with Crippen LogP contribution in [0.5, 0.6) is 0 Å². The van der Waals surface area contributed by atoms with Crippen LogP contribution in [0.2, 0.25) is 0 Å². The first-order valence-electron chi connectivity index (χ1n) is 4.26. The van der Waals surface area contributed by atoms with Crippen molar-refractivity contribution in [2.24, 2.45) is 0 Å². The summed E-state index contributed by atoms with van der Waals surface area (Å²) >= 11 is 0. The maximum atomic E-state index is 12.4. The third kappa shape index (κ3) is 2.75. The Hall–Kier alpha value is -0.500. The third-order valence-corrected chi connectivity index (χ3v) is 1.73. The number of halogens is 6. The van der Waals surface area contributed by atoms with Crippen molar-refractivity contribution in [2.75, 3.05) is 13.1 Å². The summed E-state index contributed by atoms with van der Waals surface area (Å²) in [6, 6.07) is 0. The molecule has 0 saturated heterocycles. The lowest BCUT2D eigenvalue weighted by Crippen LogP contribution is -2.74. The van der Waals surface area contributed by atoms with Crippen LogP contribution >= 0.6 is 0 Å². The minimum Gasteiger partial charge on any atom is -0.284 e. The van der Waals surface area contributed by atoms with Gasteiger partial charge in [-0.1, -0.05) is 13.8 Å². The molecule has 0 rings (SSSR count). The summed E-state index contributed by atoms with van der Waals surface area (Å²) in [7, 11) is 0. The second-order valence-electron chi connectivity index (χ2n) is 2.81. The first-order chi connectivity index (χ1) is 6.62. The van der Waals surface area contributed by atoms with Gasteiger partial charge in [-0.15, -0.1) is 0 Å². The van der Waals surface area contributed by atoms with E-state index in [1.165, 1.54) is 24.5 Å². The first kappa shape index (κ1) is 14.5. The average Bonchev–Trinajstić information content (AvgIpc) is 1.99. The molecule has 0 atom stereocenters. The molecule has 8 heteroatoms. The second-order valence-corrected chi connectivity index (χ2v) is 2.81. The van der Waals surface area contributed by atoms with E-state index < -0.39 is 31.1 Å². The summed E-state index contributed by atoms with van der Waals surface area (Å²) in [6.07, 6.45) is -10.9. The van der Waals surface area contributed by atoms with Gasteiger partial charge in [0.15, 0.2) is 0 Å². The summed E-state index contributed by atoms with van der Waals surface area (Å²) in [5, 5.41) is 2.83. The van der Waals surface area contributed by atoms with Gasteiger partial charge in [0, 0.05) is 0 Å². The SMILES string of the molecule is CCNC(NCC)(C(F)(F)F)C(F)(F)F. The van der Waals surface area contributed by atoms with Crippen LogP contribution in [0.15, 0.2) is 0 Å². The molecular formula is C7H12F6N2. The molecule has 0 amide bonds. The van der Waals surface area contributed by atoms with E-state index >= 15 is 0 Å². The van der Waals surface area contributed by atoms with Crippen molar-refractivity contribution in [3.8, 4) is 0 Å². The number of alkyl halides is 6. The molecule has 2 N–H and O–H groups in total. The van der Waals surface area contributed by atoms with Crippen LogP contribution < -0.4 is 10.6 Å². The van der Waals surface area contributed by atoms with E-state index in [1.54, 1.807) is 0 Å². The Bertz CT molecular complexity index is 175. The van der Waals surface area contributed by atoms with Gasteiger partial charge in [0.2, 0.25) is 0 Å². The fourth-order valence-electron chi connectivity index (χ4n) is 1.15. The molecule has 0 heterocycles. The second kappa shape index (κ2) is 4.56. The van der Waals surface area contributed by atoms with E-state index in [1.807, 2.05) is 0 Å². The van der Waals surface area contributed by atoms with E-state index in [9.17, 15) is 26.3 Å². The summed E-state index contributed by atoms with van der Waals surface area (Å²) in [4.78, 5) is 0. The molecular weight excluding hydrogens is 226 g/mol. The highest BCUT2D eigenvalue weighted by molar-refractivity contribution is 4.98. The van der Waals surface area contributed by atoms with Gasteiger partial charge >= 0.3 is 12.4 Å². The topological polar surface area (TPSA) is 24.1 Å². The minimum atomic E-state index is -5.45. The van der Waals surface area contributed by atoms with Crippen molar-refractivity contribution in [3.05, 3.63) is 0 Å². The van der Waals surface area contributed by atoms with Crippen molar-refractivity contribution < 1.29 is 26.3 Å². The number of hydrogen-bond donors (Lipinski definition) is 2. The third-order valence-electron chi connectivity index (χ3n) is 1.73. The quantitative estimate of drug-likeness (QED) is 0.578. The molecule has 0 aromatic heterocycles. The monoisotopic (exact) mass is 238 g/mol. The molecule has 0 aromatic rings. The molecule has 0 saturated carbocycles. The van der Waals surface area contributed by atoms with Crippen LogP contribution in [-0.4, -0.2) is 31.1 Å². The Morgan fingerprint density at radius 2 is 1.00 bits per heavy atom. The fraction of sp³-hybridized carbons (Fsp3) is 1.00. The largest absolute Gasteiger partial charge is 0.429 e. The Kier molecular flexibility index (Phi) is 4.41. The van der Waals surface area contributed by atoms with E-state index in [-0.39, 0.29) is 0 Å². The predicted octanol–water partition coefficient (Wildman–Crippen LogP) is 2.03. The summed E-state index contributed by atoms with van der Waals surface area (Å²) < 4.78 is 74.4. The van der Waals surface area contributed by atoms with E-state index in [0.717, 1.165) is 0 Å². The van der Waals surface area contributed by atoms with Crippen molar-refractivity contribution >= 4 is 0 Å². The number of hydrogen-bond acceptors (Lipinski definition) is 2. The van der Waals surface area contributed by atoms with Crippen molar-refractivity contribution in [3.63, 3.8) is 0 Å².